The zero-order valence-corrected chi connectivity index (χ0v) is 24.1. The topological polar surface area (TPSA) is 55.2 Å². The van der Waals surface area contributed by atoms with Gasteiger partial charge in [0, 0.05) is 12.1 Å². The van der Waals surface area contributed by atoms with Gasteiger partial charge in [-0.3, -0.25) is 14.2 Å². The number of amides is 1. The monoisotopic (exact) mass is 543 g/mol. The molecule has 5 heteroatoms. The van der Waals surface area contributed by atoms with E-state index in [0.717, 1.165) is 36.1 Å². The maximum atomic E-state index is 14.3. The summed E-state index contributed by atoms with van der Waals surface area (Å²) in [6.07, 6.45) is 3.84. The fourth-order valence-corrected chi connectivity index (χ4v) is 5.32. The van der Waals surface area contributed by atoms with Crippen LogP contribution >= 0.6 is 0 Å². The van der Waals surface area contributed by atoms with Crippen LogP contribution in [0.2, 0.25) is 0 Å². The fourth-order valence-electron chi connectivity index (χ4n) is 5.32. The van der Waals surface area contributed by atoms with E-state index in [1.54, 1.807) is 4.57 Å². The lowest BCUT2D eigenvalue weighted by Gasteiger charge is -2.32. The van der Waals surface area contributed by atoms with Gasteiger partial charge in [0.25, 0.3) is 11.5 Å². The molecule has 208 valence electrons. The summed E-state index contributed by atoms with van der Waals surface area (Å²) in [5.41, 5.74) is 5.21. The third-order valence-electron chi connectivity index (χ3n) is 7.63. The Bertz CT molecular complexity index is 1670. The summed E-state index contributed by atoms with van der Waals surface area (Å²) in [4.78, 5) is 35.3. The predicted molar refractivity (Wildman–Crippen MR) is 166 cm³/mol. The van der Waals surface area contributed by atoms with Crippen molar-refractivity contribution in [3.05, 3.63) is 142 Å². The van der Waals surface area contributed by atoms with Crippen molar-refractivity contribution in [2.75, 3.05) is 0 Å². The van der Waals surface area contributed by atoms with Crippen molar-refractivity contribution in [3.8, 4) is 5.69 Å². The van der Waals surface area contributed by atoms with Gasteiger partial charge in [-0.2, -0.15) is 0 Å². The molecule has 0 aliphatic heterocycles. The number of benzene rings is 4. The molecule has 5 aromatic rings. The molecule has 0 N–H and O–H groups in total. The molecule has 4 aromatic carbocycles. The molecular weight excluding hydrogens is 506 g/mol. The Morgan fingerprint density at radius 3 is 2.20 bits per heavy atom. The molecule has 0 aliphatic carbocycles. The molecule has 0 bridgehead atoms. The minimum atomic E-state index is -0.443. The molecule has 0 spiro atoms. The first kappa shape index (κ1) is 28.0. The molecule has 1 aromatic heterocycles. The Morgan fingerprint density at radius 2 is 1.51 bits per heavy atom. The van der Waals surface area contributed by atoms with E-state index in [0.29, 0.717) is 35.3 Å². The SMILES string of the molecule is CCCCc1ccc(C(=O)N(Cc2ccccc2)C(CC)c2nc3ccccc3c(=O)n2-c2ccc(C)cc2)cc1. The first-order valence-electron chi connectivity index (χ1n) is 14.5. The summed E-state index contributed by atoms with van der Waals surface area (Å²) < 4.78 is 1.69. The predicted octanol–water partition coefficient (Wildman–Crippen LogP) is 7.83. The lowest BCUT2D eigenvalue weighted by atomic mass is 10.0. The molecule has 0 aliphatic rings. The van der Waals surface area contributed by atoms with Crippen LogP contribution in [0.15, 0.2) is 108 Å². The van der Waals surface area contributed by atoms with Gasteiger partial charge in [-0.15, -0.1) is 0 Å². The van der Waals surface area contributed by atoms with Gasteiger partial charge in [0.05, 0.1) is 22.6 Å². The molecule has 0 saturated heterocycles. The molecule has 1 amide bonds. The van der Waals surface area contributed by atoms with Crippen molar-refractivity contribution in [1.82, 2.24) is 14.5 Å². The Morgan fingerprint density at radius 1 is 0.829 bits per heavy atom. The standard InChI is InChI=1S/C36H37N3O2/c1-4-6-12-27-19-21-29(22-20-27)35(40)38(25-28-13-8-7-9-14-28)33(5-2)34-37-32-16-11-10-15-31(32)36(41)39(34)30-23-17-26(3)18-24-30/h7-11,13-24,33H,4-6,12,25H2,1-3H3. The number of hydrogen-bond donors (Lipinski definition) is 0. The number of fused-ring (bicyclic) bond motifs is 1. The summed E-state index contributed by atoms with van der Waals surface area (Å²) in [5, 5.41) is 0.551. The highest BCUT2D eigenvalue weighted by Crippen LogP contribution is 2.29. The molecule has 1 atom stereocenters. The molecule has 41 heavy (non-hydrogen) atoms. The smallest absolute Gasteiger partial charge is 0.266 e. The van der Waals surface area contributed by atoms with Crippen molar-refractivity contribution < 1.29 is 4.79 Å². The fraction of sp³-hybridized carbons (Fsp3) is 0.250. The second-order valence-electron chi connectivity index (χ2n) is 10.6. The average molecular weight is 544 g/mol. The quantitative estimate of drug-likeness (QED) is 0.180. The molecule has 1 heterocycles. The average Bonchev–Trinajstić information content (AvgIpc) is 3.01. The van der Waals surface area contributed by atoms with E-state index in [-0.39, 0.29) is 11.5 Å². The summed E-state index contributed by atoms with van der Waals surface area (Å²) in [6.45, 7) is 6.65. The zero-order valence-electron chi connectivity index (χ0n) is 24.1. The van der Waals surface area contributed by atoms with Gasteiger partial charge in [0.15, 0.2) is 0 Å². The van der Waals surface area contributed by atoms with Gasteiger partial charge in [-0.1, -0.05) is 92.6 Å². The maximum absolute atomic E-state index is 14.3. The normalized spacial score (nSPS) is 11.9. The van der Waals surface area contributed by atoms with E-state index in [4.69, 9.17) is 4.98 Å². The summed E-state index contributed by atoms with van der Waals surface area (Å²) in [7, 11) is 0. The van der Waals surface area contributed by atoms with E-state index in [9.17, 15) is 9.59 Å². The van der Waals surface area contributed by atoms with Gasteiger partial charge in [0.1, 0.15) is 5.82 Å². The van der Waals surface area contributed by atoms with Crippen LogP contribution in [0.5, 0.6) is 0 Å². The molecule has 1 unspecified atom stereocenters. The molecule has 0 saturated carbocycles. The highest BCUT2D eigenvalue weighted by atomic mass is 16.2. The Hall–Kier alpha value is -4.51. The van der Waals surface area contributed by atoms with Crippen molar-refractivity contribution >= 4 is 16.8 Å². The number of aryl methyl sites for hydroxylation is 2. The molecular formula is C36H37N3O2. The summed E-state index contributed by atoms with van der Waals surface area (Å²) in [5.74, 6) is 0.476. The van der Waals surface area contributed by atoms with Gasteiger partial charge in [0.2, 0.25) is 0 Å². The van der Waals surface area contributed by atoms with Crippen LogP contribution in [-0.2, 0) is 13.0 Å². The Kier molecular flexibility index (Phi) is 8.73. The van der Waals surface area contributed by atoms with E-state index in [2.05, 4.69) is 19.1 Å². The minimum absolute atomic E-state index is 0.0828. The van der Waals surface area contributed by atoms with Gasteiger partial charge >= 0.3 is 0 Å². The van der Waals surface area contributed by atoms with Crippen molar-refractivity contribution in [2.45, 2.75) is 59.0 Å². The van der Waals surface area contributed by atoms with Crippen LogP contribution in [0.1, 0.15) is 72.0 Å². The lowest BCUT2D eigenvalue weighted by Crippen LogP contribution is -2.38. The first-order valence-corrected chi connectivity index (χ1v) is 14.5. The van der Waals surface area contributed by atoms with E-state index in [1.165, 1.54) is 5.56 Å². The van der Waals surface area contributed by atoms with E-state index in [1.807, 2.05) is 110 Å². The number of para-hydroxylation sites is 1. The molecule has 0 radical (unpaired) electrons. The van der Waals surface area contributed by atoms with Gasteiger partial charge in [-0.25, -0.2) is 4.98 Å². The lowest BCUT2D eigenvalue weighted by molar-refractivity contribution is 0.0640. The highest BCUT2D eigenvalue weighted by Gasteiger charge is 2.30. The number of hydrogen-bond acceptors (Lipinski definition) is 3. The van der Waals surface area contributed by atoms with Crippen molar-refractivity contribution in [3.63, 3.8) is 0 Å². The Labute approximate surface area is 242 Å². The van der Waals surface area contributed by atoms with Gasteiger partial charge < -0.3 is 4.90 Å². The zero-order chi connectivity index (χ0) is 28.8. The third kappa shape index (κ3) is 6.14. The number of carbonyl (C=O) groups is 1. The van der Waals surface area contributed by atoms with Crippen LogP contribution in [0, 0.1) is 6.92 Å². The number of aromatic nitrogens is 2. The molecule has 5 nitrogen and oxygen atoms in total. The third-order valence-corrected chi connectivity index (χ3v) is 7.63. The van der Waals surface area contributed by atoms with Crippen LogP contribution < -0.4 is 5.56 Å². The second kappa shape index (κ2) is 12.8. The summed E-state index contributed by atoms with van der Waals surface area (Å²) in [6, 6.07) is 32.8. The number of carbonyl (C=O) groups excluding carboxylic acids is 1. The van der Waals surface area contributed by atoms with Gasteiger partial charge in [-0.05, 0) is 73.7 Å². The minimum Gasteiger partial charge on any atom is -0.324 e. The van der Waals surface area contributed by atoms with Crippen LogP contribution in [0.3, 0.4) is 0 Å². The Balaban J connectivity index is 1.66. The van der Waals surface area contributed by atoms with Crippen LogP contribution in [0.4, 0.5) is 0 Å². The van der Waals surface area contributed by atoms with E-state index >= 15 is 0 Å². The summed E-state index contributed by atoms with van der Waals surface area (Å²) >= 11 is 0. The number of unbranched alkanes of at least 4 members (excludes halogenated alkanes) is 1. The maximum Gasteiger partial charge on any atom is 0.266 e. The number of rotatable bonds is 10. The largest absolute Gasteiger partial charge is 0.324 e. The van der Waals surface area contributed by atoms with Crippen LogP contribution in [0.25, 0.3) is 16.6 Å². The second-order valence-corrected chi connectivity index (χ2v) is 10.6. The highest BCUT2D eigenvalue weighted by molar-refractivity contribution is 5.94. The first-order chi connectivity index (χ1) is 20.0. The van der Waals surface area contributed by atoms with Crippen molar-refractivity contribution in [1.29, 1.82) is 0 Å². The number of nitrogens with zero attached hydrogens (tertiary/aromatic N) is 3. The van der Waals surface area contributed by atoms with Crippen LogP contribution in [-0.4, -0.2) is 20.4 Å². The molecule has 5 rings (SSSR count). The molecule has 0 fully saturated rings. The van der Waals surface area contributed by atoms with E-state index < -0.39 is 6.04 Å². The van der Waals surface area contributed by atoms with Crippen molar-refractivity contribution in [2.24, 2.45) is 0 Å².